The average molecular weight is 510 g/mol. The van der Waals surface area contributed by atoms with Crippen molar-refractivity contribution < 1.29 is 14.6 Å². The number of anilines is 1. The van der Waals surface area contributed by atoms with Crippen molar-refractivity contribution in [3.8, 4) is 11.5 Å². The Kier molecular flexibility index (Phi) is 11.1. The maximum Gasteiger partial charge on any atom is 0.224 e. The summed E-state index contributed by atoms with van der Waals surface area (Å²) in [4.78, 5) is 12.9. The van der Waals surface area contributed by atoms with Gasteiger partial charge < -0.3 is 15.2 Å². The van der Waals surface area contributed by atoms with Crippen LogP contribution in [0.15, 0.2) is 24.3 Å². The van der Waals surface area contributed by atoms with E-state index >= 15 is 0 Å². The summed E-state index contributed by atoms with van der Waals surface area (Å²) in [5, 5.41) is 14.0. The van der Waals surface area contributed by atoms with Crippen molar-refractivity contribution in [2.45, 2.75) is 125 Å². The summed E-state index contributed by atoms with van der Waals surface area (Å²) in [6.07, 6.45) is 8.46. The number of phenolic OH excluding ortho intramolecular Hbond substituents is 1. The zero-order valence-corrected chi connectivity index (χ0v) is 24.9. The monoisotopic (exact) mass is 509 g/mol. The Balaban J connectivity index is 2.01. The molecular weight excluding hydrogens is 458 g/mol. The highest BCUT2D eigenvalue weighted by molar-refractivity contribution is 5.91. The van der Waals surface area contributed by atoms with E-state index in [2.05, 4.69) is 65.9 Å². The van der Waals surface area contributed by atoms with Gasteiger partial charge in [-0.2, -0.15) is 0 Å². The van der Waals surface area contributed by atoms with Gasteiger partial charge in [0, 0.05) is 12.1 Å². The van der Waals surface area contributed by atoms with Crippen LogP contribution in [0.1, 0.15) is 121 Å². The van der Waals surface area contributed by atoms with E-state index in [-0.39, 0.29) is 16.7 Å². The van der Waals surface area contributed by atoms with Crippen molar-refractivity contribution in [1.29, 1.82) is 0 Å². The van der Waals surface area contributed by atoms with Crippen molar-refractivity contribution in [3.05, 3.63) is 52.1 Å². The average Bonchev–Trinajstić information content (AvgIpc) is 2.77. The number of aromatic hydroxyl groups is 1. The van der Waals surface area contributed by atoms with Gasteiger partial charge in [-0.1, -0.05) is 92.7 Å². The number of unbranched alkanes of at least 4 members (excludes halogenated alkanes) is 5. The fourth-order valence-corrected chi connectivity index (χ4v) is 4.77. The van der Waals surface area contributed by atoms with Gasteiger partial charge in [-0.25, -0.2) is 0 Å². The highest BCUT2D eigenvalue weighted by Crippen LogP contribution is 2.40. The Morgan fingerprint density at radius 1 is 0.838 bits per heavy atom. The molecule has 0 aliphatic carbocycles. The van der Waals surface area contributed by atoms with Gasteiger partial charge in [0.1, 0.15) is 11.5 Å². The minimum atomic E-state index is -0.184. The molecule has 0 radical (unpaired) electrons. The lowest BCUT2D eigenvalue weighted by atomic mass is 9.78. The van der Waals surface area contributed by atoms with E-state index in [9.17, 15) is 9.90 Å². The second kappa shape index (κ2) is 13.3. The van der Waals surface area contributed by atoms with Crippen molar-refractivity contribution in [2.75, 3.05) is 11.9 Å². The first-order valence-electron chi connectivity index (χ1n) is 14.1. The normalized spacial score (nSPS) is 12.0. The fourth-order valence-electron chi connectivity index (χ4n) is 4.77. The molecule has 37 heavy (non-hydrogen) atoms. The SMILES string of the molecule is CCCCCCCCOc1c(C)cc(NC(=O)CCc2cc(C(C)(C)C)c(O)c(C(C)(C)C)c2)cc1C. The summed E-state index contributed by atoms with van der Waals surface area (Å²) in [5.41, 5.74) is 5.47. The molecule has 0 unspecified atom stereocenters. The molecule has 0 heterocycles. The lowest BCUT2D eigenvalue weighted by Gasteiger charge is -2.28. The molecule has 2 aromatic rings. The molecule has 2 aromatic carbocycles. The van der Waals surface area contributed by atoms with Crippen LogP contribution in [0, 0.1) is 13.8 Å². The maximum absolute atomic E-state index is 12.9. The van der Waals surface area contributed by atoms with E-state index in [1.807, 2.05) is 26.0 Å². The van der Waals surface area contributed by atoms with E-state index in [4.69, 9.17) is 4.74 Å². The number of nitrogens with one attached hydrogen (secondary N) is 1. The molecular formula is C33H51NO3. The second-order valence-corrected chi connectivity index (χ2v) is 12.6. The van der Waals surface area contributed by atoms with Gasteiger partial charge in [0.2, 0.25) is 5.91 Å². The molecule has 0 aromatic heterocycles. The Morgan fingerprint density at radius 3 is 1.86 bits per heavy atom. The van der Waals surface area contributed by atoms with Gasteiger partial charge in [-0.3, -0.25) is 4.79 Å². The van der Waals surface area contributed by atoms with E-state index in [1.165, 1.54) is 32.1 Å². The minimum Gasteiger partial charge on any atom is -0.507 e. The van der Waals surface area contributed by atoms with Gasteiger partial charge >= 0.3 is 0 Å². The number of hydrogen-bond acceptors (Lipinski definition) is 3. The Hall–Kier alpha value is -2.49. The van der Waals surface area contributed by atoms with Crippen LogP contribution in [0.5, 0.6) is 11.5 Å². The third-order valence-corrected chi connectivity index (χ3v) is 6.91. The molecule has 0 fully saturated rings. The zero-order valence-electron chi connectivity index (χ0n) is 24.9. The van der Waals surface area contributed by atoms with Crippen LogP contribution < -0.4 is 10.1 Å². The fraction of sp³-hybridized carbons (Fsp3) is 0.606. The molecule has 0 bridgehead atoms. The first-order chi connectivity index (χ1) is 17.2. The summed E-state index contributed by atoms with van der Waals surface area (Å²) >= 11 is 0. The number of benzene rings is 2. The lowest BCUT2D eigenvalue weighted by molar-refractivity contribution is -0.116. The van der Waals surface area contributed by atoms with Crippen molar-refractivity contribution in [2.24, 2.45) is 0 Å². The largest absolute Gasteiger partial charge is 0.507 e. The molecule has 2 N–H and O–H groups in total. The molecule has 0 saturated carbocycles. The number of hydrogen-bond donors (Lipinski definition) is 2. The van der Waals surface area contributed by atoms with Crippen LogP contribution in [0.2, 0.25) is 0 Å². The third-order valence-electron chi connectivity index (χ3n) is 6.91. The molecule has 0 saturated heterocycles. The smallest absolute Gasteiger partial charge is 0.224 e. The van der Waals surface area contributed by atoms with E-state index < -0.39 is 0 Å². The number of amides is 1. The molecule has 4 nitrogen and oxygen atoms in total. The minimum absolute atomic E-state index is 0.0118. The van der Waals surface area contributed by atoms with Gasteiger partial charge in [-0.15, -0.1) is 0 Å². The number of aryl methyl sites for hydroxylation is 3. The van der Waals surface area contributed by atoms with Crippen LogP contribution in [-0.2, 0) is 22.0 Å². The number of carbonyl (C=O) groups is 1. The molecule has 2 rings (SSSR count). The first-order valence-corrected chi connectivity index (χ1v) is 14.1. The van der Waals surface area contributed by atoms with E-state index in [1.54, 1.807) is 0 Å². The predicted octanol–water partition coefficient (Wildman–Crippen LogP) is 8.91. The highest BCUT2D eigenvalue weighted by atomic mass is 16.5. The highest BCUT2D eigenvalue weighted by Gasteiger charge is 2.26. The second-order valence-electron chi connectivity index (χ2n) is 12.6. The standard InChI is InChI=1S/C33H51NO3/c1-10-11-12-13-14-15-18-37-31-23(2)19-26(20-24(31)3)34-29(35)17-16-25-21-27(32(4,5)6)30(36)28(22-25)33(7,8)9/h19-22,36H,10-18H2,1-9H3,(H,34,35). The third kappa shape index (κ3) is 9.39. The van der Waals surface area contributed by atoms with E-state index in [0.29, 0.717) is 18.6 Å². The summed E-state index contributed by atoms with van der Waals surface area (Å²) in [7, 11) is 0. The number of carbonyl (C=O) groups excluding carboxylic acids is 1. The molecule has 1 amide bonds. The van der Waals surface area contributed by atoms with E-state index in [0.717, 1.165) is 52.3 Å². The topological polar surface area (TPSA) is 58.6 Å². The van der Waals surface area contributed by atoms with Crippen LogP contribution >= 0.6 is 0 Å². The summed E-state index contributed by atoms with van der Waals surface area (Å²) in [5.74, 6) is 1.29. The van der Waals surface area contributed by atoms with Crippen LogP contribution in [0.25, 0.3) is 0 Å². The summed E-state index contributed by atoms with van der Waals surface area (Å²) in [6.45, 7) is 19.7. The quantitative estimate of drug-likeness (QED) is 0.281. The first kappa shape index (κ1) is 30.7. The molecule has 0 atom stereocenters. The molecule has 0 aliphatic rings. The number of ether oxygens (including phenoxy) is 1. The summed E-state index contributed by atoms with van der Waals surface area (Å²) in [6, 6.07) is 8.11. The molecule has 0 spiro atoms. The lowest BCUT2D eigenvalue weighted by Crippen LogP contribution is -2.18. The van der Waals surface area contributed by atoms with Crippen LogP contribution in [0.3, 0.4) is 0 Å². The van der Waals surface area contributed by atoms with Crippen LogP contribution in [0.4, 0.5) is 5.69 Å². The maximum atomic E-state index is 12.9. The van der Waals surface area contributed by atoms with Crippen molar-refractivity contribution in [1.82, 2.24) is 0 Å². The Labute approximate surface area is 226 Å². The van der Waals surface area contributed by atoms with Crippen LogP contribution in [-0.4, -0.2) is 17.6 Å². The number of rotatable bonds is 12. The van der Waals surface area contributed by atoms with Crippen molar-refractivity contribution in [3.63, 3.8) is 0 Å². The molecule has 0 aliphatic heterocycles. The Bertz CT molecular complexity index is 982. The van der Waals surface area contributed by atoms with Crippen molar-refractivity contribution >= 4 is 11.6 Å². The van der Waals surface area contributed by atoms with Gasteiger partial charge in [0.05, 0.1) is 6.61 Å². The van der Waals surface area contributed by atoms with Gasteiger partial charge in [0.25, 0.3) is 0 Å². The predicted molar refractivity (Wildman–Crippen MR) is 157 cm³/mol. The summed E-state index contributed by atoms with van der Waals surface area (Å²) < 4.78 is 6.09. The molecule has 206 valence electrons. The zero-order chi connectivity index (χ0) is 27.8. The van der Waals surface area contributed by atoms with Gasteiger partial charge in [0.15, 0.2) is 0 Å². The Morgan fingerprint density at radius 2 is 1.35 bits per heavy atom. The number of phenols is 1. The van der Waals surface area contributed by atoms with Gasteiger partial charge in [-0.05, 0) is 77.5 Å². The molecule has 4 heteroatoms.